The van der Waals surface area contributed by atoms with Crippen LogP contribution in [0, 0.1) is 6.92 Å². The zero-order chi connectivity index (χ0) is 11.5. The van der Waals surface area contributed by atoms with E-state index in [1.54, 1.807) is 0 Å². The zero-order valence-electron chi connectivity index (χ0n) is 9.16. The molecular weight excluding hydrogens is 222 g/mol. The average molecular weight is 234 g/mol. The third-order valence-corrected chi connectivity index (χ3v) is 2.43. The molecule has 0 aliphatic heterocycles. The van der Waals surface area contributed by atoms with Gasteiger partial charge in [0, 0.05) is 29.4 Å². The number of halogens is 1. The van der Waals surface area contributed by atoms with E-state index in [1.165, 1.54) is 0 Å². The number of hydrogen-bond donors (Lipinski definition) is 1. The summed E-state index contributed by atoms with van der Waals surface area (Å²) >= 11 is 5.94. The van der Waals surface area contributed by atoms with Crippen LogP contribution in [0.5, 0.6) is 0 Å². The predicted molar refractivity (Wildman–Crippen MR) is 66.8 cm³/mol. The Labute approximate surface area is 99.5 Å². The maximum Gasteiger partial charge on any atom is 0.161 e. The Bertz CT molecular complexity index is 511. The van der Waals surface area contributed by atoms with E-state index in [0.29, 0.717) is 10.8 Å². The van der Waals surface area contributed by atoms with Crippen LogP contribution in [-0.2, 0) is 0 Å². The third-order valence-electron chi connectivity index (χ3n) is 2.19. The van der Waals surface area contributed by atoms with Gasteiger partial charge in [-0.1, -0.05) is 23.7 Å². The van der Waals surface area contributed by atoms with Crippen LogP contribution >= 0.6 is 11.6 Å². The molecule has 1 N–H and O–H groups in total. The highest BCUT2D eigenvalue weighted by Gasteiger charge is 2.04. The Hall–Kier alpha value is -1.61. The Morgan fingerprint density at radius 3 is 2.69 bits per heavy atom. The van der Waals surface area contributed by atoms with Crippen LogP contribution in [0.1, 0.15) is 5.69 Å². The number of rotatable bonds is 2. The van der Waals surface area contributed by atoms with E-state index in [4.69, 9.17) is 11.6 Å². The van der Waals surface area contributed by atoms with E-state index < -0.39 is 0 Å². The molecular formula is C12H12ClN3. The van der Waals surface area contributed by atoms with Crippen LogP contribution in [0.2, 0.25) is 5.02 Å². The van der Waals surface area contributed by atoms with Crippen molar-refractivity contribution >= 4 is 17.4 Å². The van der Waals surface area contributed by atoms with Gasteiger partial charge in [-0.3, -0.25) is 0 Å². The van der Waals surface area contributed by atoms with E-state index in [1.807, 2.05) is 44.3 Å². The van der Waals surface area contributed by atoms with Gasteiger partial charge >= 0.3 is 0 Å². The van der Waals surface area contributed by atoms with Gasteiger partial charge in [0.1, 0.15) is 5.82 Å². The van der Waals surface area contributed by atoms with Crippen molar-refractivity contribution in [3.63, 3.8) is 0 Å². The maximum absolute atomic E-state index is 5.94. The van der Waals surface area contributed by atoms with Crippen molar-refractivity contribution in [2.75, 3.05) is 12.4 Å². The number of nitrogens with one attached hydrogen (secondary N) is 1. The maximum atomic E-state index is 5.94. The fourth-order valence-electron chi connectivity index (χ4n) is 1.45. The Kier molecular flexibility index (Phi) is 3.06. The molecule has 0 amide bonds. The highest BCUT2D eigenvalue weighted by molar-refractivity contribution is 6.30. The molecule has 0 unspecified atom stereocenters. The highest BCUT2D eigenvalue weighted by atomic mass is 35.5. The third kappa shape index (κ3) is 2.31. The molecule has 16 heavy (non-hydrogen) atoms. The number of hydrogen-bond acceptors (Lipinski definition) is 3. The summed E-state index contributed by atoms with van der Waals surface area (Å²) in [4.78, 5) is 8.77. The second kappa shape index (κ2) is 4.49. The first kappa shape index (κ1) is 10.9. The van der Waals surface area contributed by atoms with Gasteiger partial charge in [0.25, 0.3) is 0 Å². The quantitative estimate of drug-likeness (QED) is 0.866. The van der Waals surface area contributed by atoms with Gasteiger partial charge in [-0.05, 0) is 19.1 Å². The lowest BCUT2D eigenvalue weighted by Gasteiger charge is -2.05. The summed E-state index contributed by atoms with van der Waals surface area (Å²) < 4.78 is 0. The molecule has 0 aliphatic carbocycles. The summed E-state index contributed by atoms with van der Waals surface area (Å²) in [6.45, 7) is 1.94. The van der Waals surface area contributed by atoms with Gasteiger partial charge in [-0.15, -0.1) is 0 Å². The van der Waals surface area contributed by atoms with Crippen LogP contribution < -0.4 is 5.32 Å². The van der Waals surface area contributed by atoms with E-state index in [0.717, 1.165) is 17.1 Å². The molecule has 82 valence electrons. The number of aryl methyl sites for hydroxylation is 1. The fourth-order valence-corrected chi connectivity index (χ4v) is 1.64. The number of anilines is 1. The molecule has 1 aromatic heterocycles. The second-order valence-corrected chi connectivity index (χ2v) is 3.91. The average Bonchev–Trinajstić information content (AvgIpc) is 2.28. The number of aromatic nitrogens is 2. The minimum atomic E-state index is 0.687. The lowest BCUT2D eigenvalue weighted by molar-refractivity contribution is 1.11. The normalized spacial score (nSPS) is 10.2. The van der Waals surface area contributed by atoms with E-state index >= 15 is 0 Å². The van der Waals surface area contributed by atoms with Crippen molar-refractivity contribution in [1.29, 1.82) is 0 Å². The Balaban J connectivity index is 2.51. The summed E-state index contributed by atoms with van der Waals surface area (Å²) in [5.74, 6) is 1.49. The fraction of sp³-hybridized carbons (Fsp3) is 0.167. The van der Waals surface area contributed by atoms with Gasteiger partial charge < -0.3 is 5.32 Å². The van der Waals surface area contributed by atoms with Crippen molar-refractivity contribution in [1.82, 2.24) is 9.97 Å². The Morgan fingerprint density at radius 1 is 1.19 bits per heavy atom. The molecule has 0 spiro atoms. The van der Waals surface area contributed by atoms with Crippen molar-refractivity contribution in [3.8, 4) is 11.4 Å². The lowest BCUT2D eigenvalue weighted by Crippen LogP contribution is -1.98. The molecule has 0 aliphatic rings. The minimum Gasteiger partial charge on any atom is -0.373 e. The molecule has 0 bridgehead atoms. The SMILES string of the molecule is CNc1cc(C)nc(-c2cccc(Cl)c2)n1. The zero-order valence-corrected chi connectivity index (χ0v) is 9.92. The van der Waals surface area contributed by atoms with Crippen molar-refractivity contribution in [2.45, 2.75) is 6.92 Å². The molecule has 1 aromatic carbocycles. The molecule has 0 saturated carbocycles. The van der Waals surface area contributed by atoms with Crippen molar-refractivity contribution < 1.29 is 0 Å². The summed E-state index contributed by atoms with van der Waals surface area (Å²) in [6.07, 6.45) is 0. The molecule has 0 fully saturated rings. The Morgan fingerprint density at radius 2 is 2.00 bits per heavy atom. The molecule has 2 aromatic rings. The van der Waals surface area contributed by atoms with Crippen LogP contribution in [0.15, 0.2) is 30.3 Å². The van der Waals surface area contributed by atoms with Gasteiger partial charge in [-0.2, -0.15) is 0 Å². The molecule has 0 saturated heterocycles. The van der Waals surface area contributed by atoms with Crippen molar-refractivity contribution in [3.05, 3.63) is 41.0 Å². The lowest BCUT2D eigenvalue weighted by atomic mass is 10.2. The van der Waals surface area contributed by atoms with Gasteiger partial charge in [0.15, 0.2) is 5.82 Å². The standard InChI is InChI=1S/C12H12ClN3/c1-8-6-11(14-2)16-12(15-8)9-4-3-5-10(13)7-9/h3-7H,1-2H3,(H,14,15,16). The van der Waals surface area contributed by atoms with Gasteiger partial charge in [0.05, 0.1) is 0 Å². The largest absolute Gasteiger partial charge is 0.373 e. The summed E-state index contributed by atoms with van der Waals surface area (Å²) in [6, 6.07) is 9.42. The first-order valence-electron chi connectivity index (χ1n) is 4.98. The second-order valence-electron chi connectivity index (χ2n) is 3.48. The molecule has 2 rings (SSSR count). The molecule has 0 radical (unpaired) electrons. The van der Waals surface area contributed by atoms with Crippen LogP contribution in [-0.4, -0.2) is 17.0 Å². The number of benzene rings is 1. The smallest absolute Gasteiger partial charge is 0.161 e. The van der Waals surface area contributed by atoms with E-state index in [9.17, 15) is 0 Å². The van der Waals surface area contributed by atoms with Crippen molar-refractivity contribution in [2.24, 2.45) is 0 Å². The topological polar surface area (TPSA) is 37.8 Å². The van der Waals surface area contributed by atoms with Crippen LogP contribution in [0.25, 0.3) is 11.4 Å². The van der Waals surface area contributed by atoms with E-state index in [-0.39, 0.29) is 0 Å². The first-order valence-corrected chi connectivity index (χ1v) is 5.36. The molecule has 1 heterocycles. The summed E-state index contributed by atoms with van der Waals surface area (Å²) in [5, 5.41) is 3.70. The van der Waals surface area contributed by atoms with Crippen LogP contribution in [0.3, 0.4) is 0 Å². The first-order chi connectivity index (χ1) is 7.69. The molecule has 4 heteroatoms. The predicted octanol–water partition coefficient (Wildman–Crippen LogP) is 3.15. The van der Waals surface area contributed by atoms with Gasteiger partial charge in [0.2, 0.25) is 0 Å². The molecule has 0 atom stereocenters. The minimum absolute atomic E-state index is 0.687. The molecule has 3 nitrogen and oxygen atoms in total. The monoisotopic (exact) mass is 233 g/mol. The van der Waals surface area contributed by atoms with Crippen LogP contribution in [0.4, 0.5) is 5.82 Å². The van der Waals surface area contributed by atoms with E-state index in [2.05, 4.69) is 15.3 Å². The number of nitrogens with zero attached hydrogens (tertiary/aromatic N) is 2. The summed E-state index contributed by atoms with van der Waals surface area (Å²) in [5.41, 5.74) is 1.85. The highest BCUT2D eigenvalue weighted by Crippen LogP contribution is 2.20. The summed E-state index contributed by atoms with van der Waals surface area (Å²) in [7, 11) is 1.84. The van der Waals surface area contributed by atoms with Gasteiger partial charge in [-0.25, -0.2) is 9.97 Å².